The lowest BCUT2D eigenvalue weighted by molar-refractivity contribution is 0.0703. The summed E-state index contributed by atoms with van der Waals surface area (Å²) in [5.41, 5.74) is 1.63. The van der Waals surface area contributed by atoms with Gasteiger partial charge in [-0.3, -0.25) is 9.36 Å². The molecule has 3 heterocycles. The number of nitrogens with zero attached hydrogens (tertiary/aromatic N) is 4. The Morgan fingerprint density at radius 1 is 1.35 bits per heavy atom. The highest BCUT2D eigenvalue weighted by atomic mass is 16.2. The number of hydrogen-bond acceptors (Lipinski definition) is 3. The van der Waals surface area contributed by atoms with Crippen LogP contribution in [-0.4, -0.2) is 43.2 Å². The van der Waals surface area contributed by atoms with Gasteiger partial charge in [-0.25, -0.2) is 9.48 Å². The third-order valence-corrected chi connectivity index (χ3v) is 5.23. The van der Waals surface area contributed by atoms with Crippen LogP contribution in [0, 0.1) is 0 Å². The molecule has 1 N–H and O–H groups in total. The van der Waals surface area contributed by atoms with E-state index in [-0.39, 0.29) is 17.5 Å². The molecule has 0 aliphatic carbocycles. The van der Waals surface area contributed by atoms with Crippen LogP contribution in [0.5, 0.6) is 0 Å². The Morgan fingerprint density at radius 2 is 2.19 bits per heavy atom. The number of carbonyl (C=O) groups is 1. The summed E-state index contributed by atoms with van der Waals surface area (Å²) >= 11 is 0. The van der Waals surface area contributed by atoms with Crippen molar-refractivity contribution in [2.75, 3.05) is 13.1 Å². The van der Waals surface area contributed by atoms with E-state index in [0.717, 1.165) is 36.1 Å². The number of H-pyrrole nitrogens is 1. The van der Waals surface area contributed by atoms with Crippen LogP contribution in [0.15, 0.2) is 35.3 Å². The van der Waals surface area contributed by atoms with Crippen LogP contribution in [0.25, 0.3) is 10.9 Å². The van der Waals surface area contributed by atoms with E-state index in [0.29, 0.717) is 18.7 Å². The molecule has 1 aliphatic heterocycles. The van der Waals surface area contributed by atoms with E-state index in [1.54, 1.807) is 11.6 Å². The molecule has 0 saturated carbocycles. The average molecular weight is 353 g/mol. The highest BCUT2D eigenvalue weighted by Crippen LogP contribution is 2.26. The maximum absolute atomic E-state index is 13.0. The van der Waals surface area contributed by atoms with Gasteiger partial charge in [-0.15, -0.1) is 0 Å². The molecule has 1 atom stereocenters. The predicted octanol–water partition coefficient (Wildman–Crippen LogP) is 2.10. The quantitative estimate of drug-likeness (QED) is 0.783. The van der Waals surface area contributed by atoms with Crippen molar-refractivity contribution >= 4 is 16.8 Å². The van der Waals surface area contributed by atoms with Gasteiger partial charge >= 0.3 is 5.69 Å². The van der Waals surface area contributed by atoms with Crippen molar-refractivity contribution in [2.45, 2.75) is 32.2 Å². The number of carbonyl (C=O) groups excluding carboxylic acids is 1. The number of fused-ring (bicyclic) bond motifs is 1. The van der Waals surface area contributed by atoms with E-state index in [9.17, 15) is 9.59 Å². The number of aryl methyl sites for hydroxylation is 1. The molecule has 4 rings (SSSR count). The van der Waals surface area contributed by atoms with Gasteiger partial charge in [0.05, 0.1) is 0 Å². The maximum Gasteiger partial charge on any atom is 0.345 e. The zero-order valence-corrected chi connectivity index (χ0v) is 15.1. The van der Waals surface area contributed by atoms with E-state index < -0.39 is 0 Å². The van der Waals surface area contributed by atoms with E-state index in [2.05, 4.69) is 10.1 Å². The third kappa shape index (κ3) is 2.73. The van der Waals surface area contributed by atoms with E-state index in [1.165, 1.54) is 4.68 Å². The number of nitrogens with one attached hydrogen (secondary N) is 1. The summed E-state index contributed by atoms with van der Waals surface area (Å²) in [5, 5.41) is 5.47. The van der Waals surface area contributed by atoms with Gasteiger partial charge in [0.2, 0.25) is 0 Å². The molecule has 7 heteroatoms. The van der Waals surface area contributed by atoms with Crippen LogP contribution < -0.4 is 5.69 Å². The summed E-state index contributed by atoms with van der Waals surface area (Å²) in [6.07, 6.45) is 3.73. The van der Waals surface area contributed by atoms with Crippen molar-refractivity contribution in [3.8, 4) is 0 Å². The molecular formula is C19H23N5O2. The Hall–Kier alpha value is -2.83. The Kier molecular flexibility index (Phi) is 4.14. The number of piperidine rings is 1. The first-order valence-electron chi connectivity index (χ1n) is 9.08. The molecule has 0 spiro atoms. The van der Waals surface area contributed by atoms with Gasteiger partial charge < -0.3 is 9.88 Å². The molecular weight excluding hydrogens is 330 g/mol. The Morgan fingerprint density at radius 3 is 3.00 bits per heavy atom. The predicted molar refractivity (Wildman–Crippen MR) is 99.3 cm³/mol. The fourth-order valence-electron chi connectivity index (χ4n) is 3.86. The number of benzene rings is 1. The van der Waals surface area contributed by atoms with Gasteiger partial charge in [0.25, 0.3) is 5.91 Å². The van der Waals surface area contributed by atoms with Gasteiger partial charge in [0.15, 0.2) is 0 Å². The third-order valence-electron chi connectivity index (χ3n) is 5.23. The van der Waals surface area contributed by atoms with Gasteiger partial charge in [0, 0.05) is 55.3 Å². The first-order valence-corrected chi connectivity index (χ1v) is 9.08. The SMILES string of the molecule is CCn1c([C@H]2CCCN(C(=O)c3ccc4[nH]ccc4c3)C2)nn(C)c1=O. The summed E-state index contributed by atoms with van der Waals surface area (Å²) in [4.78, 5) is 30.2. The molecule has 1 aliphatic rings. The van der Waals surface area contributed by atoms with Crippen molar-refractivity contribution in [3.63, 3.8) is 0 Å². The zero-order chi connectivity index (χ0) is 18.3. The lowest BCUT2D eigenvalue weighted by atomic mass is 9.96. The summed E-state index contributed by atoms with van der Waals surface area (Å²) in [6, 6.07) is 7.71. The minimum atomic E-state index is -0.0936. The second-order valence-electron chi connectivity index (χ2n) is 6.88. The molecule has 3 aromatic rings. The normalized spacial score (nSPS) is 17.8. The molecule has 1 fully saturated rings. The fourth-order valence-corrected chi connectivity index (χ4v) is 3.86. The topological polar surface area (TPSA) is 75.9 Å². The number of aromatic nitrogens is 4. The highest BCUT2D eigenvalue weighted by Gasteiger charge is 2.29. The molecule has 7 nitrogen and oxygen atoms in total. The van der Waals surface area contributed by atoms with Crippen molar-refractivity contribution in [1.82, 2.24) is 24.2 Å². The van der Waals surface area contributed by atoms with Gasteiger partial charge in [-0.05, 0) is 44.0 Å². The van der Waals surface area contributed by atoms with Crippen molar-refractivity contribution in [3.05, 3.63) is 52.3 Å². The van der Waals surface area contributed by atoms with E-state index >= 15 is 0 Å². The highest BCUT2D eigenvalue weighted by molar-refractivity contribution is 5.98. The first-order chi connectivity index (χ1) is 12.6. The molecule has 0 unspecified atom stereocenters. The summed E-state index contributed by atoms with van der Waals surface area (Å²) in [6.45, 7) is 3.88. The molecule has 1 aromatic carbocycles. The molecule has 0 radical (unpaired) electrons. The molecule has 2 aromatic heterocycles. The minimum Gasteiger partial charge on any atom is -0.361 e. The van der Waals surface area contributed by atoms with Crippen LogP contribution >= 0.6 is 0 Å². The van der Waals surface area contributed by atoms with Gasteiger partial charge in [0.1, 0.15) is 5.82 Å². The number of likely N-dealkylation sites (tertiary alicyclic amines) is 1. The number of rotatable bonds is 3. The van der Waals surface area contributed by atoms with E-state index in [4.69, 9.17) is 0 Å². The van der Waals surface area contributed by atoms with Crippen LogP contribution in [0.4, 0.5) is 0 Å². The second-order valence-corrected chi connectivity index (χ2v) is 6.88. The lowest BCUT2D eigenvalue weighted by Crippen LogP contribution is -2.40. The number of amides is 1. The first kappa shape index (κ1) is 16.6. The maximum atomic E-state index is 13.0. The summed E-state index contributed by atoms with van der Waals surface area (Å²) < 4.78 is 3.10. The molecule has 0 bridgehead atoms. The van der Waals surface area contributed by atoms with Crippen molar-refractivity contribution in [2.24, 2.45) is 7.05 Å². The summed E-state index contributed by atoms with van der Waals surface area (Å²) in [5.74, 6) is 0.926. The van der Waals surface area contributed by atoms with Gasteiger partial charge in [-0.1, -0.05) is 0 Å². The number of aromatic amines is 1. The van der Waals surface area contributed by atoms with Crippen LogP contribution in [0.1, 0.15) is 41.9 Å². The van der Waals surface area contributed by atoms with Crippen molar-refractivity contribution in [1.29, 1.82) is 0 Å². The van der Waals surface area contributed by atoms with Crippen LogP contribution in [0.2, 0.25) is 0 Å². The Balaban J connectivity index is 1.59. The molecule has 26 heavy (non-hydrogen) atoms. The zero-order valence-electron chi connectivity index (χ0n) is 15.1. The second kappa shape index (κ2) is 6.48. The summed E-state index contributed by atoms with van der Waals surface area (Å²) in [7, 11) is 1.68. The van der Waals surface area contributed by atoms with Crippen molar-refractivity contribution < 1.29 is 4.79 Å². The Bertz CT molecular complexity index is 1010. The van der Waals surface area contributed by atoms with Gasteiger partial charge in [-0.2, -0.15) is 5.10 Å². The lowest BCUT2D eigenvalue weighted by Gasteiger charge is -2.32. The van der Waals surface area contributed by atoms with Crippen LogP contribution in [0.3, 0.4) is 0 Å². The fraction of sp³-hybridized carbons (Fsp3) is 0.421. The Labute approximate surface area is 151 Å². The smallest absolute Gasteiger partial charge is 0.345 e. The monoisotopic (exact) mass is 353 g/mol. The average Bonchev–Trinajstić information content (AvgIpc) is 3.25. The molecule has 1 amide bonds. The standard InChI is InChI=1S/C19H23N5O2/c1-3-24-17(21-22(2)19(24)26)15-5-4-10-23(12-15)18(25)14-6-7-16-13(11-14)8-9-20-16/h6-9,11,15,20H,3-5,10,12H2,1-2H3/t15-/m0/s1. The number of hydrogen-bond donors (Lipinski definition) is 1. The minimum absolute atomic E-state index is 0.0409. The van der Waals surface area contributed by atoms with Crippen LogP contribution in [-0.2, 0) is 13.6 Å². The molecule has 1 saturated heterocycles. The molecule has 136 valence electrons. The van der Waals surface area contributed by atoms with E-state index in [1.807, 2.05) is 42.3 Å². The largest absolute Gasteiger partial charge is 0.361 e.